The number of unbranched alkanes of at least 4 members (excludes halogenated alkanes) is 3. The molecule has 7 heteroatoms. The van der Waals surface area contributed by atoms with Crippen LogP contribution >= 0.6 is 22.5 Å². The van der Waals surface area contributed by atoms with Crippen LogP contribution in [0.25, 0.3) is 0 Å². The van der Waals surface area contributed by atoms with E-state index in [-0.39, 0.29) is 24.0 Å². The van der Waals surface area contributed by atoms with E-state index in [2.05, 4.69) is 36.0 Å². The second-order valence-electron chi connectivity index (χ2n) is 6.62. The van der Waals surface area contributed by atoms with Crippen molar-refractivity contribution in [3.63, 3.8) is 0 Å². The van der Waals surface area contributed by atoms with Crippen LogP contribution in [0.1, 0.15) is 78.6 Å². The molecule has 0 rings (SSSR count). The third kappa shape index (κ3) is 10.5. The number of nitrogens with zero attached hydrogens (tertiary/aromatic N) is 1. The lowest BCUT2D eigenvalue weighted by Gasteiger charge is -2.32. The van der Waals surface area contributed by atoms with Gasteiger partial charge in [-0.25, -0.2) is 5.43 Å². The molecule has 0 fully saturated rings. The fraction of sp³-hybridized carbons (Fsp3) is 0.889. The predicted octanol–water partition coefficient (Wildman–Crippen LogP) is 3.95. The lowest BCUT2D eigenvalue weighted by atomic mass is 9.80. The smallest absolute Gasteiger partial charge is 0.250 e. The minimum atomic E-state index is -1.18. The van der Waals surface area contributed by atoms with Crippen molar-refractivity contribution in [2.24, 2.45) is 11.0 Å². The van der Waals surface area contributed by atoms with Gasteiger partial charge in [0.1, 0.15) is 5.60 Å². The Labute approximate surface area is 162 Å². The molecule has 5 nitrogen and oxygen atoms in total. The van der Waals surface area contributed by atoms with Gasteiger partial charge in [0.05, 0.1) is 18.1 Å². The van der Waals surface area contributed by atoms with Gasteiger partial charge in [0, 0.05) is 0 Å². The minimum absolute atomic E-state index is 0.172. The van der Waals surface area contributed by atoms with E-state index in [1.54, 1.807) is 0 Å². The Morgan fingerprint density at radius 2 is 1.92 bits per heavy atom. The van der Waals surface area contributed by atoms with Crippen LogP contribution in [0.3, 0.4) is 0 Å². The van der Waals surface area contributed by atoms with Crippen LogP contribution in [-0.4, -0.2) is 39.8 Å². The summed E-state index contributed by atoms with van der Waals surface area (Å²) in [7, 11) is 1.10. The molecule has 25 heavy (non-hydrogen) atoms. The second kappa shape index (κ2) is 14.9. The normalized spacial score (nSPS) is 15.7. The SMILES string of the molecule is CCCCCCC(CCC)CC(O)(CC)/C(CO)=N/NC(=O)CSS. The molecular weight excluding hydrogens is 356 g/mol. The van der Waals surface area contributed by atoms with Crippen LogP contribution in [0.15, 0.2) is 5.10 Å². The van der Waals surface area contributed by atoms with Crippen molar-refractivity contribution in [1.82, 2.24) is 5.43 Å². The van der Waals surface area contributed by atoms with Crippen molar-refractivity contribution in [3.05, 3.63) is 0 Å². The van der Waals surface area contributed by atoms with Gasteiger partial charge in [-0.2, -0.15) is 5.10 Å². The summed E-state index contributed by atoms with van der Waals surface area (Å²) in [6, 6.07) is 0. The van der Waals surface area contributed by atoms with Crippen molar-refractivity contribution in [2.45, 2.75) is 84.2 Å². The molecule has 0 saturated heterocycles. The summed E-state index contributed by atoms with van der Waals surface area (Å²) in [6.45, 7) is 5.87. The first kappa shape index (κ1) is 24.8. The van der Waals surface area contributed by atoms with E-state index in [4.69, 9.17) is 0 Å². The Bertz CT molecular complexity index is 395. The molecule has 148 valence electrons. The van der Waals surface area contributed by atoms with Crippen molar-refractivity contribution in [2.75, 3.05) is 12.4 Å². The predicted molar refractivity (Wildman–Crippen MR) is 111 cm³/mol. The number of carbonyl (C=O) groups excluding carboxylic acids is 1. The number of hydrogen-bond donors (Lipinski definition) is 4. The lowest BCUT2D eigenvalue weighted by molar-refractivity contribution is -0.118. The van der Waals surface area contributed by atoms with Crippen LogP contribution in [0, 0.1) is 5.92 Å². The van der Waals surface area contributed by atoms with E-state index in [9.17, 15) is 15.0 Å². The van der Waals surface area contributed by atoms with E-state index in [0.29, 0.717) is 18.8 Å². The fourth-order valence-electron chi connectivity index (χ4n) is 3.07. The topological polar surface area (TPSA) is 81.9 Å². The highest BCUT2D eigenvalue weighted by Gasteiger charge is 2.34. The molecule has 0 radical (unpaired) electrons. The first-order valence-electron chi connectivity index (χ1n) is 9.42. The lowest BCUT2D eigenvalue weighted by Crippen LogP contribution is -2.43. The molecule has 0 aromatic rings. The van der Waals surface area contributed by atoms with Gasteiger partial charge in [-0.05, 0) is 18.8 Å². The summed E-state index contributed by atoms with van der Waals surface area (Å²) < 4.78 is 0. The maximum absolute atomic E-state index is 11.6. The number of aliphatic hydroxyl groups is 2. The molecule has 0 bridgehead atoms. The van der Waals surface area contributed by atoms with Gasteiger partial charge in [-0.15, -0.1) is 11.7 Å². The maximum Gasteiger partial charge on any atom is 0.250 e. The highest BCUT2D eigenvalue weighted by Crippen LogP contribution is 2.29. The van der Waals surface area contributed by atoms with Crippen molar-refractivity contribution >= 4 is 34.1 Å². The van der Waals surface area contributed by atoms with E-state index in [1.807, 2.05) is 6.92 Å². The number of hydrogen-bond acceptors (Lipinski definition) is 6. The van der Waals surface area contributed by atoms with E-state index in [0.717, 1.165) is 30.1 Å². The maximum atomic E-state index is 11.6. The molecule has 0 saturated carbocycles. The molecule has 0 spiro atoms. The van der Waals surface area contributed by atoms with Crippen molar-refractivity contribution in [3.8, 4) is 0 Å². The Kier molecular flexibility index (Phi) is 14.7. The fourth-order valence-corrected chi connectivity index (χ4v) is 3.60. The van der Waals surface area contributed by atoms with Crippen LogP contribution in [0.5, 0.6) is 0 Å². The summed E-state index contributed by atoms with van der Waals surface area (Å²) in [4.78, 5) is 11.6. The zero-order chi connectivity index (χ0) is 19.1. The van der Waals surface area contributed by atoms with Gasteiger partial charge >= 0.3 is 0 Å². The highest BCUT2D eigenvalue weighted by atomic mass is 33.1. The number of aliphatic hydroxyl groups excluding tert-OH is 1. The molecule has 2 atom stereocenters. The minimum Gasteiger partial charge on any atom is -0.390 e. The zero-order valence-electron chi connectivity index (χ0n) is 16.0. The highest BCUT2D eigenvalue weighted by molar-refractivity contribution is 8.68. The van der Waals surface area contributed by atoms with Gasteiger partial charge in [0.25, 0.3) is 5.91 Å². The van der Waals surface area contributed by atoms with Crippen molar-refractivity contribution in [1.29, 1.82) is 0 Å². The Balaban J connectivity index is 4.95. The van der Waals surface area contributed by atoms with Crippen LogP contribution < -0.4 is 5.43 Å². The summed E-state index contributed by atoms with van der Waals surface area (Å²) >= 11 is 3.93. The average molecular weight is 393 g/mol. The number of hydrazone groups is 1. The first-order valence-corrected chi connectivity index (χ1v) is 11.5. The largest absolute Gasteiger partial charge is 0.390 e. The molecule has 0 heterocycles. The van der Waals surface area contributed by atoms with Gasteiger partial charge in [-0.1, -0.05) is 76.5 Å². The van der Waals surface area contributed by atoms with Crippen LogP contribution in [0.4, 0.5) is 0 Å². The Morgan fingerprint density at radius 1 is 1.20 bits per heavy atom. The molecule has 0 aromatic carbocycles. The number of nitrogens with one attached hydrogen (secondary N) is 1. The molecular formula is C18H36N2O3S2. The van der Waals surface area contributed by atoms with E-state index >= 15 is 0 Å². The van der Waals surface area contributed by atoms with Gasteiger partial charge in [0.2, 0.25) is 0 Å². The Morgan fingerprint density at radius 3 is 2.44 bits per heavy atom. The number of carbonyl (C=O) groups is 1. The number of thiol groups is 1. The third-order valence-electron chi connectivity index (χ3n) is 4.57. The van der Waals surface area contributed by atoms with E-state index in [1.165, 1.54) is 25.7 Å². The summed E-state index contributed by atoms with van der Waals surface area (Å²) in [6.07, 6.45) is 9.07. The summed E-state index contributed by atoms with van der Waals surface area (Å²) in [5.41, 5.74) is 1.46. The molecule has 0 aliphatic carbocycles. The Hall–Kier alpha value is -0.240. The van der Waals surface area contributed by atoms with E-state index < -0.39 is 5.60 Å². The number of rotatable bonds is 15. The standard InChI is InChI=1S/C18H36N2O3S2/c1-4-7-8-9-11-15(10-5-2)12-18(23,6-3)16(13-21)19-20-17(22)14-25-24/h15,21,23-24H,4-14H2,1-3H3,(H,20,22)/b19-16+. The molecule has 0 aliphatic rings. The zero-order valence-corrected chi connectivity index (χ0v) is 17.7. The molecule has 0 aliphatic heterocycles. The number of amides is 1. The van der Waals surface area contributed by atoms with Crippen LogP contribution in [-0.2, 0) is 4.79 Å². The van der Waals surface area contributed by atoms with Gasteiger partial charge in [0.15, 0.2) is 0 Å². The second-order valence-corrected chi connectivity index (χ2v) is 7.94. The van der Waals surface area contributed by atoms with Crippen LogP contribution in [0.2, 0.25) is 0 Å². The first-order chi connectivity index (χ1) is 12.0. The monoisotopic (exact) mass is 392 g/mol. The quantitative estimate of drug-likeness (QED) is 0.112. The summed E-state index contributed by atoms with van der Waals surface area (Å²) in [5.74, 6) is 0.271. The van der Waals surface area contributed by atoms with Crippen molar-refractivity contribution < 1.29 is 15.0 Å². The van der Waals surface area contributed by atoms with Gasteiger partial charge in [-0.3, -0.25) is 4.79 Å². The molecule has 0 aromatic heterocycles. The third-order valence-corrected chi connectivity index (χ3v) is 5.35. The molecule has 1 amide bonds. The molecule has 3 N–H and O–H groups in total. The average Bonchev–Trinajstić information content (AvgIpc) is 2.59. The summed E-state index contributed by atoms with van der Waals surface area (Å²) in [5, 5.41) is 24.7. The molecule has 2 unspecified atom stereocenters. The van der Waals surface area contributed by atoms with Gasteiger partial charge < -0.3 is 10.2 Å².